The van der Waals surface area contributed by atoms with E-state index in [0.29, 0.717) is 40.8 Å². The minimum Gasteiger partial charge on any atom is -0.397 e. The topological polar surface area (TPSA) is 164 Å². The molecule has 5 rings (SSSR count). The normalized spacial score (nSPS) is 18.2. The summed E-state index contributed by atoms with van der Waals surface area (Å²) >= 11 is 1.52. The largest absolute Gasteiger partial charge is 0.397 e. The first-order valence-corrected chi connectivity index (χ1v) is 15.0. The number of aliphatic hydroxyl groups excluding tert-OH is 1. The molecule has 1 aromatic heterocycles. The minimum absolute atomic E-state index is 0.0253. The van der Waals surface area contributed by atoms with Crippen LogP contribution in [-0.2, 0) is 25.7 Å². The fourth-order valence-electron chi connectivity index (χ4n) is 4.68. The molecule has 2 heterocycles. The molecule has 1 saturated heterocycles. The number of H-pyrrole nitrogens is 1. The summed E-state index contributed by atoms with van der Waals surface area (Å²) in [7, 11) is 0. The third-order valence-electron chi connectivity index (χ3n) is 6.90. The number of amides is 2. The van der Waals surface area contributed by atoms with E-state index in [2.05, 4.69) is 25.8 Å². The highest BCUT2D eigenvalue weighted by molar-refractivity contribution is 7.99. The number of hydrogen-bond acceptors (Lipinski definition) is 9. The van der Waals surface area contributed by atoms with Gasteiger partial charge in [-0.25, -0.2) is 4.98 Å². The predicted octanol–water partition coefficient (Wildman–Crippen LogP) is 4.96. The van der Waals surface area contributed by atoms with Crippen molar-refractivity contribution in [3.8, 4) is 0 Å². The molecule has 3 aromatic carbocycles. The van der Waals surface area contributed by atoms with E-state index >= 15 is 0 Å². The number of hydrogen-bond donors (Lipinski definition) is 5. The molecular formula is C31H34N6O5S. The Morgan fingerprint density at radius 3 is 2.51 bits per heavy atom. The first-order valence-electron chi connectivity index (χ1n) is 14.0. The molecule has 11 nitrogen and oxygen atoms in total. The Morgan fingerprint density at radius 1 is 0.977 bits per heavy atom. The van der Waals surface area contributed by atoms with Gasteiger partial charge in [-0.05, 0) is 41.8 Å². The van der Waals surface area contributed by atoms with Crippen LogP contribution in [0.15, 0.2) is 84.3 Å². The number of rotatable bonds is 12. The first-order chi connectivity index (χ1) is 21.0. The maximum absolute atomic E-state index is 12.7. The number of aliphatic hydroxyl groups is 1. The van der Waals surface area contributed by atoms with Gasteiger partial charge in [-0.1, -0.05) is 60.3 Å². The van der Waals surface area contributed by atoms with Gasteiger partial charge in [-0.15, -0.1) is 0 Å². The van der Waals surface area contributed by atoms with Crippen molar-refractivity contribution in [2.75, 3.05) is 22.1 Å². The summed E-state index contributed by atoms with van der Waals surface area (Å²) < 4.78 is 12.8. The van der Waals surface area contributed by atoms with E-state index in [1.807, 2.05) is 42.5 Å². The number of ether oxygens (including phenoxy) is 2. The Kier molecular flexibility index (Phi) is 10.4. The molecule has 0 spiro atoms. The van der Waals surface area contributed by atoms with Crippen molar-refractivity contribution in [1.82, 2.24) is 15.2 Å². The second-order valence-electron chi connectivity index (χ2n) is 10.1. The van der Waals surface area contributed by atoms with Crippen LogP contribution in [0.25, 0.3) is 0 Å². The molecule has 0 aliphatic carbocycles. The van der Waals surface area contributed by atoms with Gasteiger partial charge in [-0.3, -0.25) is 14.7 Å². The monoisotopic (exact) mass is 602 g/mol. The molecule has 0 bridgehead atoms. The third kappa shape index (κ3) is 8.64. The number of benzene rings is 3. The molecule has 0 radical (unpaired) electrons. The van der Waals surface area contributed by atoms with Crippen LogP contribution in [0, 0.1) is 0 Å². The van der Waals surface area contributed by atoms with Crippen LogP contribution in [-0.4, -0.2) is 44.0 Å². The number of nitrogens with one attached hydrogen (secondary N) is 3. The molecule has 0 unspecified atom stereocenters. The fourth-order valence-corrected chi connectivity index (χ4v) is 5.48. The van der Waals surface area contributed by atoms with E-state index in [9.17, 15) is 14.7 Å². The van der Waals surface area contributed by atoms with Crippen LogP contribution in [0.1, 0.15) is 54.8 Å². The summed E-state index contributed by atoms with van der Waals surface area (Å²) in [5.74, 6) is 0.245. The number of carbonyl (C=O) groups is 2. The molecule has 1 fully saturated rings. The number of nitrogen functional groups attached to an aromatic ring is 1. The highest BCUT2D eigenvalue weighted by Crippen LogP contribution is 2.39. The lowest BCUT2D eigenvalue weighted by atomic mass is 10.0. The van der Waals surface area contributed by atoms with Gasteiger partial charge in [0.05, 0.1) is 30.2 Å². The Labute approximate surface area is 253 Å². The maximum Gasteiger partial charge on any atom is 0.224 e. The predicted molar refractivity (Wildman–Crippen MR) is 164 cm³/mol. The van der Waals surface area contributed by atoms with E-state index in [0.717, 1.165) is 16.7 Å². The zero-order valence-corrected chi connectivity index (χ0v) is 24.3. The minimum atomic E-state index is -0.664. The summed E-state index contributed by atoms with van der Waals surface area (Å²) in [5.41, 5.74) is 10.1. The van der Waals surface area contributed by atoms with Crippen molar-refractivity contribution in [1.29, 1.82) is 0 Å². The van der Waals surface area contributed by atoms with Crippen LogP contribution in [0.4, 0.5) is 17.1 Å². The molecule has 1 aliphatic heterocycles. The van der Waals surface area contributed by atoms with Gasteiger partial charge in [-0.2, -0.15) is 5.10 Å². The average Bonchev–Trinajstić information content (AvgIpc) is 3.55. The molecule has 12 heteroatoms. The highest BCUT2D eigenvalue weighted by atomic mass is 32.2. The zero-order valence-electron chi connectivity index (χ0n) is 23.4. The van der Waals surface area contributed by atoms with Gasteiger partial charge in [0.25, 0.3) is 0 Å². The van der Waals surface area contributed by atoms with E-state index in [-0.39, 0.29) is 43.5 Å². The van der Waals surface area contributed by atoms with Crippen molar-refractivity contribution in [3.63, 3.8) is 0 Å². The lowest BCUT2D eigenvalue weighted by molar-refractivity contribution is -0.245. The van der Waals surface area contributed by atoms with Crippen molar-refractivity contribution in [2.45, 2.75) is 55.9 Å². The summed E-state index contributed by atoms with van der Waals surface area (Å²) in [5, 5.41) is 22.6. The van der Waals surface area contributed by atoms with Crippen molar-refractivity contribution in [2.24, 2.45) is 0 Å². The van der Waals surface area contributed by atoms with Crippen molar-refractivity contribution in [3.05, 3.63) is 95.8 Å². The van der Waals surface area contributed by atoms with E-state index in [1.165, 1.54) is 18.1 Å². The molecule has 4 aromatic rings. The smallest absolute Gasteiger partial charge is 0.224 e. The Hall–Kier alpha value is -4.23. The number of aromatic amines is 1. The maximum atomic E-state index is 12.7. The molecule has 3 atom stereocenters. The Morgan fingerprint density at radius 2 is 1.77 bits per heavy atom. The number of para-hydroxylation sites is 2. The first kappa shape index (κ1) is 30.2. The summed E-state index contributed by atoms with van der Waals surface area (Å²) in [6.45, 7) is -0.0253. The second kappa shape index (κ2) is 14.8. The number of nitrogens with zero attached hydrogens (tertiary/aromatic N) is 2. The van der Waals surface area contributed by atoms with Crippen molar-refractivity contribution >= 4 is 40.6 Å². The van der Waals surface area contributed by atoms with Gasteiger partial charge < -0.3 is 30.9 Å². The summed E-state index contributed by atoms with van der Waals surface area (Å²) in [4.78, 5) is 29.1. The van der Waals surface area contributed by atoms with Crippen LogP contribution >= 0.6 is 11.8 Å². The van der Waals surface area contributed by atoms with Crippen LogP contribution < -0.4 is 16.4 Å². The van der Waals surface area contributed by atoms with Gasteiger partial charge >= 0.3 is 0 Å². The van der Waals surface area contributed by atoms with E-state index < -0.39 is 6.29 Å². The van der Waals surface area contributed by atoms with Crippen molar-refractivity contribution < 1.29 is 24.2 Å². The quantitative estimate of drug-likeness (QED) is 0.111. The molecule has 43 heavy (non-hydrogen) atoms. The number of carbonyl (C=O) groups excluding carboxylic acids is 2. The SMILES string of the molecule is Nc1ccccc1NC(=O)CCCC(=O)Nc1cccc([C@@H]2O[C@H](CSc3ncn[nH]3)C[C@H](c3ccc(CO)cc3)O2)c1. The molecule has 224 valence electrons. The third-order valence-corrected chi connectivity index (χ3v) is 7.91. The Balaban J connectivity index is 1.19. The number of nitrogens with two attached hydrogens (primary N) is 1. The molecule has 0 saturated carbocycles. The Bertz CT molecular complexity index is 1500. The van der Waals surface area contributed by atoms with Gasteiger partial charge in [0.1, 0.15) is 6.33 Å². The van der Waals surface area contributed by atoms with Gasteiger partial charge in [0.2, 0.25) is 11.8 Å². The number of thioether (sulfide) groups is 1. The standard InChI is InChI=1S/C31H34N6O5S/c32-25-7-1-2-8-26(25)36-29(40)10-4-9-28(39)35-23-6-3-5-22(15-23)30-41-24(18-43-31-33-19-34-37-31)16-27(42-30)21-13-11-20(17-38)12-14-21/h1-3,5-8,11-15,19,24,27,30,38H,4,9-10,16-18,32H2,(H,35,39)(H,36,40)(H,33,34,37)/t24-,27+,30+/m0/s1. The lowest BCUT2D eigenvalue weighted by Gasteiger charge is -2.36. The lowest BCUT2D eigenvalue weighted by Crippen LogP contribution is -2.31. The molecule has 1 aliphatic rings. The van der Waals surface area contributed by atoms with E-state index in [1.54, 1.807) is 30.3 Å². The molecular weight excluding hydrogens is 568 g/mol. The highest BCUT2D eigenvalue weighted by Gasteiger charge is 2.32. The number of aromatic nitrogens is 3. The summed E-state index contributed by atoms with van der Waals surface area (Å²) in [6.07, 6.45) is 1.83. The van der Waals surface area contributed by atoms with Crippen LogP contribution in [0.3, 0.4) is 0 Å². The summed E-state index contributed by atoms with van der Waals surface area (Å²) in [6, 6.07) is 22.1. The van der Waals surface area contributed by atoms with Crippen LogP contribution in [0.2, 0.25) is 0 Å². The van der Waals surface area contributed by atoms with Gasteiger partial charge in [0.15, 0.2) is 11.4 Å². The van der Waals surface area contributed by atoms with E-state index in [4.69, 9.17) is 15.2 Å². The molecule has 6 N–H and O–H groups in total. The fraction of sp³-hybridized carbons (Fsp3) is 0.290. The average molecular weight is 603 g/mol. The zero-order chi connectivity index (χ0) is 30.0. The van der Waals surface area contributed by atoms with Gasteiger partial charge in [0, 0.05) is 36.3 Å². The second-order valence-corrected chi connectivity index (χ2v) is 11.1. The number of anilines is 3. The van der Waals surface area contributed by atoms with Crippen LogP contribution in [0.5, 0.6) is 0 Å². The molecule has 2 amide bonds.